The van der Waals surface area contributed by atoms with Crippen molar-refractivity contribution in [3.63, 3.8) is 0 Å². The summed E-state index contributed by atoms with van der Waals surface area (Å²) in [5.41, 5.74) is 1.37. The molecule has 1 amide bonds. The van der Waals surface area contributed by atoms with Crippen LogP contribution in [0.5, 0.6) is 0 Å². The number of furan rings is 1. The molecule has 4 rings (SSSR count). The van der Waals surface area contributed by atoms with Crippen molar-refractivity contribution < 1.29 is 9.21 Å². The van der Waals surface area contributed by atoms with E-state index in [9.17, 15) is 4.79 Å². The largest absolute Gasteiger partial charge is 0.453 e. The van der Waals surface area contributed by atoms with Crippen LogP contribution in [0.15, 0.2) is 58.1 Å². The minimum Gasteiger partial charge on any atom is -0.453 e. The summed E-state index contributed by atoms with van der Waals surface area (Å²) in [6, 6.07) is 14.3. The maximum absolute atomic E-state index is 12.2. The van der Waals surface area contributed by atoms with E-state index in [-0.39, 0.29) is 11.7 Å². The van der Waals surface area contributed by atoms with Crippen LogP contribution in [0.1, 0.15) is 0 Å². The maximum Gasteiger partial charge on any atom is 0.234 e. The van der Waals surface area contributed by atoms with E-state index in [4.69, 9.17) is 27.6 Å². The number of carbonyl (C=O) groups is 1. The molecule has 0 unspecified atom stereocenters. The van der Waals surface area contributed by atoms with Gasteiger partial charge in [-0.15, -0.1) is 10.2 Å². The van der Waals surface area contributed by atoms with E-state index >= 15 is 0 Å². The second kappa shape index (κ2) is 7.87. The smallest absolute Gasteiger partial charge is 0.234 e. The number of hydrogen-bond acceptors (Lipinski definition) is 5. The number of thioether (sulfide) groups is 1. The Hall–Kier alpha value is -2.48. The molecule has 0 bridgehead atoms. The minimum absolute atomic E-state index is 0.157. The number of halogens is 2. The van der Waals surface area contributed by atoms with Crippen molar-refractivity contribution >= 4 is 57.5 Å². The third-order valence-electron chi connectivity index (χ3n) is 3.97. The molecule has 0 fully saturated rings. The highest BCUT2D eigenvalue weighted by Gasteiger charge is 2.16. The van der Waals surface area contributed by atoms with Crippen molar-refractivity contribution in [2.24, 2.45) is 7.05 Å². The van der Waals surface area contributed by atoms with Crippen molar-refractivity contribution in [1.29, 1.82) is 0 Å². The first-order valence-electron chi connectivity index (χ1n) is 8.27. The van der Waals surface area contributed by atoms with Gasteiger partial charge in [-0.05, 0) is 42.5 Å². The van der Waals surface area contributed by atoms with Gasteiger partial charge in [0, 0.05) is 28.2 Å². The topological polar surface area (TPSA) is 73.0 Å². The van der Waals surface area contributed by atoms with Gasteiger partial charge in [0.15, 0.2) is 16.7 Å². The van der Waals surface area contributed by atoms with Crippen LogP contribution in [-0.4, -0.2) is 26.4 Å². The average molecular weight is 433 g/mol. The molecule has 1 N–H and O–H groups in total. The molecule has 2 aromatic carbocycles. The van der Waals surface area contributed by atoms with Gasteiger partial charge in [0.25, 0.3) is 0 Å². The second-order valence-electron chi connectivity index (χ2n) is 6.01. The van der Waals surface area contributed by atoms with Crippen molar-refractivity contribution in [1.82, 2.24) is 14.8 Å². The Morgan fingerprint density at radius 1 is 1.14 bits per heavy atom. The molecule has 4 aromatic rings. The van der Waals surface area contributed by atoms with Crippen LogP contribution in [0.2, 0.25) is 10.0 Å². The van der Waals surface area contributed by atoms with E-state index in [0.29, 0.717) is 32.5 Å². The van der Waals surface area contributed by atoms with Crippen LogP contribution in [-0.2, 0) is 11.8 Å². The summed E-state index contributed by atoms with van der Waals surface area (Å²) >= 11 is 13.2. The molecular formula is C19H14Cl2N4O2S. The molecule has 0 spiro atoms. The fourth-order valence-corrected chi connectivity index (χ4v) is 3.75. The Kier molecular flexibility index (Phi) is 5.30. The number of nitrogens with one attached hydrogen (secondary N) is 1. The number of fused-ring (bicyclic) bond motifs is 1. The molecule has 142 valence electrons. The summed E-state index contributed by atoms with van der Waals surface area (Å²) in [5, 5.41) is 13.9. The van der Waals surface area contributed by atoms with Crippen molar-refractivity contribution in [2.45, 2.75) is 5.16 Å². The first kappa shape index (κ1) is 18.9. The fourth-order valence-electron chi connectivity index (χ4n) is 2.67. The minimum atomic E-state index is -0.157. The Morgan fingerprint density at radius 2 is 1.96 bits per heavy atom. The monoisotopic (exact) mass is 432 g/mol. The summed E-state index contributed by atoms with van der Waals surface area (Å²) in [6.07, 6.45) is 0. The van der Waals surface area contributed by atoms with Crippen molar-refractivity contribution in [2.75, 3.05) is 11.1 Å². The van der Waals surface area contributed by atoms with E-state index in [2.05, 4.69) is 15.5 Å². The van der Waals surface area contributed by atoms with E-state index in [0.717, 1.165) is 11.0 Å². The predicted molar refractivity (Wildman–Crippen MR) is 112 cm³/mol. The molecule has 0 saturated carbocycles. The zero-order valence-corrected chi connectivity index (χ0v) is 17.0. The van der Waals surface area contributed by atoms with Crippen LogP contribution in [0.4, 0.5) is 5.69 Å². The van der Waals surface area contributed by atoms with E-state index in [1.807, 2.05) is 25.2 Å². The predicted octanol–water partition coefficient (Wildman–Crippen LogP) is 5.27. The van der Waals surface area contributed by atoms with Crippen LogP contribution < -0.4 is 5.32 Å². The molecule has 0 aliphatic heterocycles. The molecular weight excluding hydrogens is 419 g/mol. The molecule has 0 radical (unpaired) electrons. The number of hydrogen-bond donors (Lipinski definition) is 1. The average Bonchev–Trinajstić information content (AvgIpc) is 3.22. The standard InChI is InChI=1S/C19H14Cl2N4O2S/c1-25-18(16-8-11-7-13(21)5-6-15(11)27-16)23-24-19(25)28-10-17(26)22-14-4-2-3-12(20)9-14/h2-9H,10H2,1H3,(H,22,26). The van der Waals surface area contributed by atoms with Crippen LogP contribution in [0.3, 0.4) is 0 Å². The molecule has 0 atom stereocenters. The van der Waals surface area contributed by atoms with E-state index in [1.54, 1.807) is 34.9 Å². The molecule has 9 heteroatoms. The Balaban J connectivity index is 1.46. The molecule has 0 aliphatic carbocycles. The highest BCUT2D eigenvalue weighted by atomic mass is 35.5. The fraction of sp³-hybridized carbons (Fsp3) is 0.105. The van der Waals surface area contributed by atoms with Gasteiger partial charge in [-0.3, -0.25) is 4.79 Å². The molecule has 28 heavy (non-hydrogen) atoms. The lowest BCUT2D eigenvalue weighted by atomic mass is 10.2. The van der Waals surface area contributed by atoms with Gasteiger partial charge in [-0.1, -0.05) is 41.0 Å². The Morgan fingerprint density at radius 3 is 2.79 bits per heavy atom. The lowest BCUT2D eigenvalue weighted by Crippen LogP contribution is -2.14. The molecule has 2 heterocycles. The molecule has 0 aliphatic rings. The lowest BCUT2D eigenvalue weighted by Gasteiger charge is -2.05. The number of carbonyl (C=O) groups excluding carboxylic acids is 1. The van der Waals surface area contributed by atoms with Gasteiger partial charge in [-0.2, -0.15) is 0 Å². The number of rotatable bonds is 5. The third kappa shape index (κ3) is 4.01. The number of aromatic nitrogens is 3. The normalized spacial score (nSPS) is 11.1. The number of benzene rings is 2. The summed E-state index contributed by atoms with van der Waals surface area (Å²) in [6.45, 7) is 0. The third-order valence-corrected chi connectivity index (χ3v) is 5.46. The first-order chi connectivity index (χ1) is 13.5. The molecule has 0 saturated heterocycles. The van der Waals surface area contributed by atoms with Gasteiger partial charge >= 0.3 is 0 Å². The highest BCUT2D eigenvalue weighted by Crippen LogP contribution is 2.30. The SMILES string of the molecule is Cn1c(SCC(=O)Nc2cccc(Cl)c2)nnc1-c1cc2cc(Cl)ccc2o1. The quantitative estimate of drug-likeness (QED) is 0.435. The molecule has 2 aromatic heterocycles. The van der Waals surface area contributed by atoms with Gasteiger partial charge < -0.3 is 14.3 Å². The van der Waals surface area contributed by atoms with Crippen LogP contribution in [0, 0.1) is 0 Å². The van der Waals surface area contributed by atoms with E-state index < -0.39 is 0 Å². The van der Waals surface area contributed by atoms with Gasteiger partial charge in [0.1, 0.15) is 5.58 Å². The van der Waals surface area contributed by atoms with Gasteiger partial charge in [-0.25, -0.2) is 0 Å². The Labute approximate surface area is 174 Å². The summed E-state index contributed by atoms with van der Waals surface area (Å²) in [4.78, 5) is 12.2. The number of nitrogens with zero attached hydrogens (tertiary/aromatic N) is 3. The summed E-state index contributed by atoms with van der Waals surface area (Å²) in [7, 11) is 1.83. The van der Waals surface area contributed by atoms with Crippen molar-refractivity contribution in [3.05, 3.63) is 58.6 Å². The lowest BCUT2D eigenvalue weighted by molar-refractivity contribution is -0.113. The Bertz CT molecular complexity index is 1170. The molecule has 6 nitrogen and oxygen atoms in total. The van der Waals surface area contributed by atoms with Crippen LogP contribution >= 0.6 is 35.0 Å². The zero-order valence-electron chi connectivity index (χ0n) is 14.6. The highest BCUT2D eigenvalue weighted by molar-refractivity contribution is 7.99. The van der Waals surface area contributed by atoms with Gasteiger partial charge in [0.05, 0.1) is 5.75 Å². The second-order valence-corrected chi connectivity index (χ2v) is 7.82. The zero-order chi connectivity index (χ0) is 19.7. The van der Waals surface area contributed by atoms with Crippen molar-refractivity contribution in [3.8, 4) is 11.6 Å². The van der Waals surface area contributed by atoms with E-state index in [1.165, 1.54) is 11.8 Å². The number of anilines is 1. The first-order valence-corrected chi connectivity index (χ1v) is 10.0. The number of amides is 1. The van der Waals surface area contributed by atoms with Crippen LogP contribution in [0.25, 0.3) is 22.6 Å². The summed E-state index contributed by atoms with van der Waals surface area (Å²) < 4.78 is 7.62. The van der Waals surface area contributed by atoms with Gasteiger partial charge in [0.2, 0.25) is 5.91 Å². The summed E-state index contributed by atoms with van der Waals surface area (Å²) in [5.74, 6) is 1.19. The maximum atomic E-state index is 12.2.